The lowest BCUT2D eigenvalue weighted by Crippen LogP contribution is -2.51. The summed E-state index contributed by atoms with van der Waals surface area (Å²) in [5.41, 5.74) is 0.484. The fraction of sp³-hybridized carbons (Fsp3) is 0.941. The summed E-state index contributed by atoms with van der Waals surface area (Å²) in [6.45, 7) is 3.09. The summed E-state index contributed by atoms with van der Waals surface area (Å²) in [5.74, 6) is 3.83. The van der Waals surface area contributed by atoms with Crippen molar-refractivity contribution in [3.63, 3.8) is 0 Å². The topological polar surface area (TPSA) is 41.1 Å². The Morgan fingerprint density at radius 3 is 2.30 bits per heavy atom. The molecule has 5 fully saturated rings. The monoisotopic (exact) mass is 276 g/mol. The van der Waals surface area contributed by atoms with E-state index in [1.165, 1.54) is 44.9 Å². The molecule has 4 bridgehead atoms. The van der Waals surface area contributed by atoms with Gasteiger partial charge < -0.3 is 10.6 Å². The molecule has 5 rings (SSSR count). The Balaban J connectivity index is 1.31. The molecule has 1 saturated heterocycles. The van der Waals surface area contributed by atoms with Crippen LogP contribution >= 0.6 is 0 Å². The van der Waals surface area contributed by atoms with Crippen molar-refractivity contribution in [1.29, 1.82) is 0 Å². The summed E-state index contributed by atoms with van der Waals surface area (Å²) in [7, 11) is 0. The van der Waals surface area contributed by atoms with Crippen LogP contribution in [0.25, 0.3) is 0 Å². The van der Waals surface area contributed by atoms with E-state index in [-0.39, 0.29) is 0 Å². The predicted octanol–water partition coefficient (Wildman–Crippen LogP) is 2.32. The third kappa shape index (κ3) is 2.49. The molecule has 4 saturated carbocycles. The van der Waals surface area contributed by atoms with Crippen LogP contribution in [-0.4, -0.2) is 25.5 Å². The van der Waals surface area contributed by atoms with Gasteiger partial charge in [-0.25, -0.2) is 0 Å². The van der Waals surface area contributed by atoms with Crippen LogP contribution < -0.4 is 10.6 Å². The third-order valence-electron chi connectivity index (χ3n) is 6.46. The SMILES string of the molecule is O=C(CC1CCNC1)NCC12CC3CC(CC(C3)C1)C2. The largest absolute Gasteiger partial charge is 0.356 e. The van der Waals surface area contributed by atoms with E-state index in [2.05, 4.69) is 10.6 Å². The molecule has 2 N–H and O–H groups in total. The normalized spacial score (nSPS) is 45.8. The first kappa shape index (κ1) is 13.1. The number of carbonyl (C=O) groups is 1. The number of nitrogens with one attached hydrogen (secondary N) is 2. The van der Waals surface area contributed by atoms with Crippen molar-refractivity contribution >= 4 is 5.91 Å². The number of hydrogen-bond acceptors (Lipinski definition) is 2. The lowest BCUT2D eigenvalue weighted by molar-refractivity contribution is -0.124. The van der Waals surface area contributed by atoms with Crippen molar-refractivity contribution in [3.8, 4) is 0 Å². The third-order valence-corrected chi connectivity index (χ3v) is 6.46. The second-order valence-corrected chi connectivity index (χ2v) is 8.26. The first-order chi connectivity index (χ1) is 9.71. The molecule has 0 aromatic heterocycles. The quantitative estimate of drug-likeness (QED) is 0.827. The minimum absolute atomic E-state index is 0.300. The maximum atomic E-state index is 12.2. The number of carbonyl (C=O) groups excluding carboxylic acids is 1. The lowest BCUT2D eigenvalue weighted by atomic mass is 9.49. The Bertz CT molecular complexity index is 351. The number of amides is 1. The van der Waals surface area contributed by atoms with Crippen LogP contribution in [-0.2, 0) is 4.79 Å². The van der Waals surface area contributed by atoms with Crippen molar-refractivity contribution in [3.05, 3.63) is 0 Å². The summed E-state index contributed by atoms with van der Waals surface area (Å²) in [5, 5.41) is 6.65. The molecule has 1 amide bonds. The highest BCUT2D eigenvalue weighted by Crippen LogP contribution is 2.59. The minimum Gasteiger partial charge on any atom is -0.356 e. The zero-order valence-corrected chi connectivity index (χ0v) is 12.5. The van der Waals surface area contributed by atoms with Crippen LogP contribution in [0, 0.1) is 29.1 Å². The molecule has 5 aliphatic rings. The van der Waals surface area contributed by atoms with Crippen LogP contribution in [0.15, 0.2) is 0 Å². The Morgan fingerprint density at radius 1 is 1.10 bits per heavy atom. The Labute approximate surface area is 122 Å². The van der Waals surface area contributed by atoms with Crippen molar-refractivity contribution < 1.29 is 4.79 Å². The molecule has 0 aromatic carbocycles. The van der Waals surface area contributed by atoms with E-state index in [0.717, 1.165) is 43.8 Å². The maximum absolute atomic E-state index is 12.2. The van der Waals surface area contributed by atoms with Gasteiger partial charge >= 0.3 is 0 Å². The fourth-order valence-corrected chi connectivity index (χ4v) is 6.02. The van der Waals surface area contributed by atoms with Crippen LogP contribution in [0.3, 0.4) is 0 Å². The maximum Gasteiger partial charge on any atom is 0.220 e. The summed E-state index contributed by atoms with van der Waals surface area (Å²) in [6.07, 6.45) is 10.5. The second-order valence-electron chi connectivity index (χ2n) is 8.26. The molecule has 0 spiro atoms. The van der Waals surface area contributed by atoms with Gasteiger partial charge in [0.15, 0.2) is 0 Å². The zero-order valence-electron chi connectivity index (χ0n) is 12.5. The van der Waals surface area contributed by atoms with E-state index in [4.69, 9.17) is 0 Å². The van der Waals surface area contributed by atoms with Gasteiger partial charge in [0.2, 0.25) is 5.91 Å². The smallest absolute Gasteiger partial charge is 0.220 e. The molecule has 1 atom stereocenters. The van der Waals surface area contributed by atoms with Crippen molar-refractivity contribution in [2.24, 2.45) is 29.1 Å². The van der Waals surface area contributed by atoms with Crippen LogP contribution in [0.2, 0.25) is 0 Å². The molecule has 3 heteroatoms. The second kappa shape index (κ2) is 5.01. The number of rotatable bonds is 4. The molecule has 1 aliphatic heterocycles. The molecule has 0 aromatic rings. The van der Waals surface area contributed by atoms with E-state index in [0.29, 0.717) is 17.2 Å². The standard InChI is InChI=1S/C17H28N2O/c20-16(6-12-1-2-18-10-12)19-11-17-7-13-3-14(8-17)5-15(4-13)9-17/h12-15,18H,1-11H2,(H,19,20). The molecule has 1 unspecified atom stereocenters. The average molecular weight is 276 g/mol. The van der Waals surface area contributed by atoms with E-state index >= 15 is 0 Å². The van der Waals surface area contributed by atoms with E-state index in [9.17, 15) is 4.79 Å². The van der Waals surface area contributed by atoms with Gasteiger partial charge in [0, 0.05) is 13.0 Å². The lowest BCUT2D eigenvalue weighted by Gasteiger charge is -2.56. The Hall–Kier alpha value is -0.570. The minimum atomic E-state index is 0.300. The van der Waals surface area contributed by atoms with E-state index in [1.54, 1.807) is 0 Å². The highest BCUT2D eigenvalue weighted by atomic mass is 16.1. The van der Waals surface area contributed by atoms with Gasteiger partial charge in [0.1, 0.15) is 0 Å². The van der Waals surface area contributed by atoms with Gasteiger partial charge in [-0.1, -0.05) is 0 Å². The van der Waals surface area contributed by atoms with E-state index < -0.39 is 0 Å². The summed E-state index contributed by atoms with van der Waals surface area (Å²) >= 11 is 0. The highest BCUT2D eigenvalue weighted by molar-refractivity contribution is 5.76. The van der Waals surface area contributed by atoms with Gasteiger partial charge in [-0.2, -0.15) is 0 Å². The van der Waals surface area contributed by atoms with Crippen molar-refractivity contribution in [2.45, 2.75) is 51.4 Å². The molecule has 1 heterocycles. The van der Waals surface area contributed by atoms with Gasteiger partial charge in [-0.3, -0.25) is 4.79 Å². The van der Waals surface area contributed by atoms with Gasteiger partial charge in [-0.05, 0) is 87.1 Å². The van der Waals surface area contributed by atoms with Crippen LogP contribution in [0.1, 0.15) is 51.4 Å². The van der Waals surface area contributed by atoms with Crippen LogP contribution in [0.5, 0.6) is 0 Å². The van der Waals surface area contributed by atoms with Crippen molar-refractivity contribution in [2.75, 3.05) is 19.6 Å². The predicted molar refractivity (Wildman–Crippen MR) is 79.2 cm³/mol. The van der Waals surface area contributed by atoms with E-state index in [1.807, 2.05) is 0 Å². The summed E-state index contributed by atoms with van der Waals surface area (Å²) in [6, 6.07) is 0. The Kier molecular flexibility index (Phi) is 3.29. The van der Waals surface area contributed by atoms with Gasteiger partial charge in [-0.15, -0.1) is 0 Å². The molecule has 112 valence electrons. The molecule has 4 aliphatic carbocycles. The average Bonchev–Trinajstić information content (AvgIpc) is 2.88. The van der Waals surface area contributed by atoms with Crippen LogP contribution in [0.4, 0.5) is 0 Å². The first-order valence-electron chi connectivity index (χ1n) is 8.68. The molecule has 0 radical (unpaired) electrons. The first-order valence-corrected chi connectivity index (χ1v) is 8.68. The van der Waals surface area contributed by atoms with Gasteiger partial charge in [0.05, 0.1) is 0 Å². The van der Waals surface area contributed by atoms with Crippen molar-refractivity contribution in [1.82, 2.24) is 10.6 Å². The van der Waals surface area contributed by atoms with Gasteiger partial charge in [0.25, 0.3) is 0 Å². The molecule has 20 heavy (non-hydrogen) atoms. The zero-order chi connectivity index (χ0) is 13.6. The summed E-state index contributed by atoms with van der Waals surface area (Å²) in [4.78, 5) is 12.2. The molecular formula is C17H28N2O. The number of hydrogen-bond donors (Lipinski definition) is 2. The summed E-state index contributed by atoms with van der Waals surface area (Å²) < 4.78 is 0. The highest BCUT2D eigenvalue weighted by Gasteiger charge is 2.50. The Morgan fingerprint density at radius 2 is 1.75 bits per heavy atom. The fourth-order valence-electron chi connectivity index (χ4n) is 6.02. The molecule has 3 nitrogen and oxygen atoms in total. The molecular weight excluding hydrogens is 248 g/mol.